The normalized spacial score (nSPS) is 9.74. The summed E-state index contributed by atoms with van der Waals surface area (Å²) in [6.07, 6.45) is 0. The smallest absolute Gasteiger partial charge is 0.142 e. The molecule has 0 aliphatic heterocycles. The molecule has 0 aliphatic rings. The molecule has 0 fully saturated rings. The van der Waals surface area contributed by atoms with Crippen LogP contribution >= 0.6 is 11.6 Å². The molecular weight excluding hydrogens is 260 g/mol. The third-order valence-corrected chi connectivity index (χ3v) is 2.87. The number of ether oxygens (including phenoxy) is 1. The molecule has 0 bridgehead atoms. The molecule has 0 saturated heterocycles. The van der Waals surface area contributed by atoms with Gasteiger partial charge >= 0.3 is 0 Å². The van der Waals surface area contributed by atoms with Gasteiger partial charge in [-0.2, -0.15) is 5.26 Å². The highest BCUT2D eigenvalue weighted by atomic mass is 35.5. The second-order valence-corrected chi connectivity index (χ2v) is 4.27. The maximum absolute atomic E-state index is 8.84. The van der Waals surface area contributed by atoms with E-state index >= 15 is 0 Å². The van der Waals surface area contributed by atoms with E-state index in [1.165, 1.54) is 0 Å². The number of nitrogens with zero attached hydrogens (tertiary/aromatic N) is 1. The fourth-order valence-corrected chi connectivity index (χ4v) is 1.91. The lowest BCUT2D eigenvalue weighted by atomic mass is 10.2. The number of hydrogen-bond donors (Lipinski definition) is 1. The summed E-state index contributed by atoms with van der Waals surface area (Å²) in [4.78, 5) is 0. The Morgan fingerprint density at radius 3 is 2.74 bits per heavy atom. The van der Waals surface area contributed by atoms with E-state index in [4.69, 9.17) is 21.6 Å². The number of nitrogens with one attached hydrogen (secondary N) is 1. The highest BCUT2D eigenvalue weighted by molar-refractivity contribution is 6.32. The van der Waals surface area contributed by atoms with Gasteiger partial charge in [-0.05, 0) is 37.3 Å². The summed E-state index contributed by atoms with van der Waals surface area (Å²) in [5.41, 5.74) is 2.14. The van der Waals surface area contributed by atoms with Gasteiger partial charge in [0.25, 0.3) is 0 Å². The molecule has 4 heteroatoms. The summed E-state index contributed by atoms with van der Waals surface area (Å²) in [5, 5.41) is 12.5. The first-order valence-corrected chi connectivity index (χ1v) is 6.31. The third-order valence-electron chi connectivity index (χ3n) is 2.56. The van der Waals surface area contributed by atoms with Crippen LogP contribution in [0.3, 0.4) is 0 Å². The second-order valence-electron chi connectivity index (χ2n) is 3.86. The van der Waals surface area contributed by atoms with Crippen molar-refractivity contribution in [3.8, 4) is 11.8 Å². The van der Waals surface area contributed by atoms with Gasteiger partial charge in [0.2, 0.25) is 0 Å². The predicted molar refractivity (Wildman–Crippen MR) is 77.1 cm³/mol. The Morgan fingerprint density at radius 1 is 1.26 bits per heavy atom. The molecule has 0 amide bonds. The van der Waals surface area contributed by atoms with Gasteiger partial charge < -0.3 is 10.1 Å². The topological polar surface area (TPSA) is 45.0 Å². The maximum Gasteiger partial charge on any atom is 0.142 e. The van der Waals surface area contributed by atoms with Crippen molar-refractivity contribution in [2.45, 2.75) is 6.92 Å². The summed E-state index contributed by atoms with van der Waals surface area (Å²) in [5.74, 6) is 0.783. The van der Waals surface area contributed by atoms with Crippen molar-refractivity contribution in [1.29, 1.82) is 5.26 Å². The molecule has 0 unspecified atom stereocenters. The van der Waals surface area contributed by atoms with Crippen molar-refractivity contribution in [2.24, 2.45) is 0 Å². The van der Waals surface area contributed by atoms with Crippen molar-refractivity contribution in [1.82, 2.24) is 0 Å². The molecule has 2 rings (SSSR count). The van der Waals surface area contributed by atoms with Gasteiger partial charge in [-0.15, -0.1) is 0 Å². The summed E-state index contributed by atoms with van der Waals surface area (Å²) in [6.45, 7) is 2.54. The fraction of sp³-hybridized carbons (Fsp3) is 0.133. The van der Waals surface area contributed by atoms with Gasteiger partial charge in [0.1, 0.15) is 11.8 Å². The first kappa shape index (κ1) is 13.3. The number of rotatable bonds is 4. The minimum absolute atomic E-state index is 0.432. The van der Waals surface area contributed by atoms with Crippen molar-refractivity contribution >= 4 is 23.0 Å². The van der Waals surface area contributed by atoms with Crippen LogP contribution in [0.15, 0.2) is 42.5 Å². The SMILES string of the molecule is CCOc1ccccc1Nc1ccc(C#N)c(Cl)c1. The first-order valence-electron chi connectivity index (χ1n) is 5.93. The molecule has 19 heavy (non-hydrogen) atoms. The van der Waals surface area contributed by atoms with Gasteiger partial charge in [0.05, 0.1) is 22.9 Å². The molecule has 96 valence electrons. The van der Waals surface area contributed by atoms with Crippen LogP contribution in [-0.4, -0.2) is 6.61 Å². The quantitative estimate of drug-likeness (QED) is 0.900. The Labute approximate surface area is 117 Å². The van der Waals surface area contributed by atoms with Gasteiger partial charge in [-0.1, -0.05) is 23.7 Å². The Kier molecular flexibility index (Phi) is 4.27. The zero-order valence-corrected chi connectivity index (χ0v) is 11.2. The summed E-state index contributed by atoms with van der Waals surface area (Å²) in [7, 11) is 0. The van der Waals surface area contributed by atoms with E-state index in [2.05, 4.69) is 5.32 Å². The zero-order chi connectivity index (χ0) is 13.7. The van der Waals surface area contributed by atoms with E-state index in [1.54, 1.807) is 12.1 Å². The number of benzene rings is 2. The average molecular weight is 273 g/mol. The Bertz CT molecular complexity index is 620. The van der Waals surface area contributed by atoms with Crippen LogP contribution in [0.4, 0.5) is 11.4 Å². The van der Waals surface area contributed by atoms with Crippen LogP contribution in [-0.2, 0) is 0 Å². The number of anilines is 2. The summed E-state index contributed by atoms with van der Waals surface area (Å²) >= 11 is 6.00. The molecule has 0 atom stereocenters. The van der Waals surface area contributed by atoms with Crippen LogP contribution in [0.25, 0.3) is 0 Å². The van der Waals surface area contributed by atoms with E-state index in [0.717, 1.165) is 17.1 Å². The Morgan fingerprint density at radius 2 is 2.05 bits per heavy atom. The number of nitriles is 1. The van der Waals surface area contributed by atoms with Crippen molar-refractivity contribution in [3.05, 3.63) is 53.1 Å². The molecule has 0 saturated carbocycles. The van der Waals surface area contributed by atoms with Gasteiger partial charge in [0, 0.05) is 5.69 Å². The van der Waals surface area contributed by atoms with E-state index in [0.29, 0.717) is 17.2 Å². The minimum Gasteiger partial charge on any atom is -0.492 e. The van der Waals surface area contributed by atoms with Crippen LogP contribution < -0.4 is 10.1 Å². The molecule has 0 heterocycles. The highest BCUT2D eigenvalue weighted by Crippen LogP contribution is 2.29. The van der Waals surface area contributed by atoms with Gasteiger partial charge in [-0.3, -0.25) is 0 Å². The highest BCUT2D eigenvalue weighted by Gasteiger charge is 2.05. The molecular formula is C15H13ClN2O. The molecule has 3 nitrogen and oxygen atoms in total. The largest absolute Gasteiger partial charge is 0.492 e. The molecule has 0 aromatic heterocycles. The van der Waals surface area contributed by atoms with Crippen LogP contribution in [0.1, 0.15) is 12.5 Å². The molecule has 1 N–H and O–H groups in total. The molecule has 2 aromatic rings. The molecule has 0 spiro atoms. The lowest BCUT2D eigenvalue weighted by Gasteiger charge is -2.12. The average Bonchev–Trinajstić information content (AvgIpc) is 2.41. The second kappa shape index (κ2) is 6.12. The number of hydrogen-bond acceptors (Lipinski definition) is 3. The fourth-order valence-electron chi connectivity index (χ4n) is 1.69. The standard InChI is InChI=1S/C15H13ClN2O/c1-2-19-15-6-4-3-5-14(15)18-12-8-7-11(10-17)13(16)9-12/h3-9,18H,2H2,1H3. The summed E-state index contributed by atoms with van der Waals surface area (Å²) in [6, 6.07) is 14.9. The third kappa shape index (κ3) is 3.18. The zero-order valence-electron chi connectivity index (χ0n) is 10.5. The maximum atomic E-state index is 8.84. The summed E-state index contributed by atoms with van der Waals surface area (Å²) < 4.78 is 5.54. The van der Waals surface area contributed by atoms with E-state index in [1.807, 2.05) is 43.3 Å². The number of para-hydroxylation sites is 2. The first-order chi connectivity index (χ1) is 9.24. The van der Waals surface area contributed by atoms with Gasteiger partial charge in [-0.25, -0.2) is 0 Å². The lowest BCUT2D eigenvalue weighted by molar-refractivity contribution is 0.342. The van der Waals surface area contributed by atoms with Crippen LogP contribution in [0, 0.1) is 11.3 Å². The Balaban J connectivity index is 2.26. The van der Waals surface area contributed by atoms with E-state index in [-0.39, 0.29) is 0 Å². The van der Waals surface area contributed by atoms with Crippen LogP contribution in [0.2, 0.25) is 5.02 Å². The lowest BCUT2D eigenvalue weighted by Crippen LogP contribution is -1.97. The monoisotopic (exact) mass is 272 g/mol. The van der Waals surface area contributed by atoms with E-state index in [9.17, 15) is 0 Å². The Hall–Kier alpha value is -2.18. The predicted octanol–water partition coefficient (Wildman–Crippen LogP) is 4.35. The number of halogens is 1. The van der Waals surface area contributed by atoms with E-state index < -0.39 is 0 Å². The molecule has 0 aliphatic carbocycles. The minimum atomic E-state index is 0.432. The van der Waals surface area contributed by atoms with Gasteiger partial charge in [0.15, 0.2) is 0 Å². The van der Waals surface area contributed by atoms with Crippen molar-refractivity contribution < 1.29 is 4.74 Å². The molecule has 2 aromatic carbocycles. The van der Waals surface area contributed by atoms with Crippen molar-refractivity contribution in [2.75, 3.05) is 11.9 Å². The van der Waals surface area contributed by atoms with Crippen LogP contribution in [0.5, 0.6) is 5.75 Å². The van der Waals surface area contributed by atoms with Crippen molar-refractivity contribution in [3.63, 3.8) is 0 Å². The molecule has 0 radical (unpaired) electrons.